The Kier molecular flexibility index (Phi) is 3.85. The van der Waals surface area contributed by atoms with Gasteiger partial charge in [-0.15, -0.1) is 0 Å². The molecule has 1 aromatic carbocycles. The molecule has 0 saturated carbocycles. The number of aromatic nitrogens is 1. The van der Waals surface area contributed by atoms with E-state index >= 15 is 0 Å². The number of nitrogens with zero attached hydrogens (tertiary/aromatic N) is 2. The molecule has 0 aliphatic heterocycles. The van der Waals surface area contributed by atoms with Gasteiger partial charge in [0.25, 0.3) is 0 Å². The summed E-state index contributed by atoms with van der Waals surface area (Å²) in [6, 6.07) is 14.3. The van der Waals surface area contributed by atoms with Crippen LogP contribution in [0.1, 0.15) is 12.5 Å². The van der Waals surface area contributed by atoms with Crippen molar-refractivity contribution in [2.45, 2.75) is 13.5 Å². The molecule has 0 aliphatic rings. The Labute approximate surface area is 102 Å². The normalized spacial score (nSPS) is 10.8. The van der Waals surface area contributed by atoms with E-state index in [-0.39, 0.29) is 0 Å². The minimum absolute atomic E-state index is 0.777. The van der Waals surface area contributed by atoms with Crippen LogP contribution in [0.5, 0.6) is 0 Å². The Hall–Kier alpha value is -1.71. The molecule has 88 valence electrons. The zero-order chi connectivity index (χ0) is 12.1. The Morgan fingerprint density at radius 1 is 1.12 bits per heavy atom. The van der Waals surface area contributed by atoms with Gasteiger partial charge in [0.05, 0.1) is 5.69 Å². The zero-order valence-corrected chi connectivity index (χ0v) is 10.0. The van der Waals surface area contributed by atoms with E-state index < -0.39 is 0 Å². The molecule has 17 heavy (non-hydrogen) atoms. The predicted octanol–water partition coefficient (Wildman–Crippen LogP) is 2.44. The molecule has 0 unspecified atom stereocenters. The average molecular weight is 227 g/mol. The van der Waals surface area contributed by atoms with Crippen LogP contribution < -0.4 is 5.84 Å². The van der Waals surface area contributed by atoms with E-state index in [1.807, 2.05) is 31.3 Å². The molecule has 0 atom stereocenters. The zero-order valence-electron chi connectivity index (χ0n) is 10.0. The summed E-state index contributed by atoms with van der Waals surface area (Å²) in [5.41, 5.74) is 3.35. The van der Waals surface area contributed by atoms with Crippen LogP contribution in [0.15, 0.2) is 48.7 Å². The number of rotatable bonds is 4. The molecule has 2 N–H and O–H groups in total. The standard InChI is InChI=1S/C14H17N3/c1-2-17(15)11-12-6-8-13(9-7-12)14-5-3-4-10-16-14/h3-10H,2,11,15H2,1H3. The van der Waals surface area contributed by atoms with E-state index in [2.05, 4.69) is 29.2 Å². The molecule has 3 nitrogen and oxygen atoms in total. The molecular formula is C14H17N3. The lowest BCUT2D eigenvalue weighted by molar-refractivity contribution is 0.291. The lowest BCUT2D eigenvalue weighted by Crippen LogP contribution is -2.29. The van der Waals surface area contributed by atoms with Gasteiger partial charge < -0.3 is 0 Å². The van der Waals surface area contributed by atoms with Crippen molar-refractivity contribution < 1.29 is 0 Å². The van der Waals surface area contributed by atoms with Crippen LogP contribution in [0.3, 0.4) is 0 Å². The maximum atomic E-state index is 5.78. The number of nitrogens with two attached hydrogens (primary N) is 1. The van der Waals surface area contributed by atoms with Crippen LogP contribution in [0.2, 0.25) is 0 Å². The molecule has 0 saturated heterocycles. The van der Waals surface area contributed by atoms with E-state index in [0.29, 0.717) is 0 Å². The summed E-state index contributed by atoms with van der Waals surface area (Å²) in [4.78, 5) is 4.32. The van der Waals surface area contributed by atoms with Gasteiger partial charge in [-0.3, -0.25) is 10.8 Å². The topological polar surface area (TPSA) is 42.1 Å². The fourth-order valence-corrected chi connectivity index (χ4v) is 1.66. The Morgan fingerprint density at radius 3 is 2.47 bits per heavy atom. The van der Waals surface area contributed by atoms with Crippen molar-refractivity contribution in [1.29, 1.82) is 0 Å². The van der Waals surface area contributed by atoms with Crippen molar-refractivity contribution >= 4 is 0 Å². The molecule has 1 heterocycles. The van der Waals surface area contributed by atoms with Crippen molar-refractivity contribution in [2.75, 3.05) is 6.54 Å². The van der Waals surface area contributed by atoms with E-state index in [4.69, 9.17) is 5.84 Å². The highest BCUT2D eigenvalue weighted by atomic mass is 15.4. The van der Waals surface area contributed by atoms with Gasteiger partial charge in [-0.05, 0) is 17.7 Å². The second kappa shape index (κ2) is 5.57. The molecule has 2 rings (SSSR count). The second-order valence-electron chi connectivity index (χ2n) is 3.97. The molecule has 0 aliphatic carbocycles. The molecule has 0 bridgehead atoms. The van der Waals surface area contributed by atoms with Crippen molar-refractivity contribution in [1.82, 2.24) is 9.99 Å². The molecular weight excluding hydrogens is 210 g/mol. The summed E-state index contributed by atoms with van der Waals surface area (Å²) in [5.74, 6) is 5.78. The average Bonchev–Trinajstić information content (AvgIpc) is 2.40. The highest BCUT2D eigenvalue weighted by Gasteiger charge is 2.00. The van der Waals surface area contributed by atoms with Crippen LogP contribution in [0.4, 0.5) is 0 Å². The van der Waals surface area contributed by atoms with Crippen molar-refractivity contribution in [2.24, 2.45) is 5.84 Å². The van der Waals surface area contributed by atoms with Crippen LogP contribution in [0, 0.1) is 0 Å². The first-order valence-electron chi connectivity index (χ1n) is 5.79. The van der Waals surface area contributed by atoms with Gasteiger partial charge in [-0.2, -0.15) is 0 Å². The number of hydrogen-bond acceptors (Lipinski definition) is 3. The summed E-state index contributed by atoms with van der Waals surface area (Å²) >= 11 is 0. The smallest absolute Gasteiger partial charge is 0.0701 e. The molecule has 2 aromatic rings. The number of benzene rings is 1. The third-order valence-electron chi connectivity index (χ3n) is 2.71. The van der Waals surface area contributed by atoms with Gasteiger partial charge in [0.2, 0.25) is 0 Å². The van der Waals surface area contributed by atoms with Crippen LogP contribution in [0.25, 0.3) is 11.3 Å². The molecule has 3 heteroatoms. The van der Waals surface area contributed by atoms with Crippen LogP contribution in [-0.2, 0) is 6.54 Å². The van der Waals surface area contributed by atoms with Gasteiger partial charge in [0.15, 0.2) is 0 Å². The minimum Gasteiger partial charge on any atom is -0.268 e. The Bertz CT molecular complexity index is 451. The maximum absolute atomic E-state index is 5.78. The first-order valence-corrected chi connectivity index (χ1v) is 5.79. The third-order valence-corrected chi connectivity index (χ3v) is 2.71. The molecule has 0 fully saturated rings. The van der Waals surface area contributed by atoms with E-state index in [0.717, 1.165) is 24.3 Å². The Balaban J connectivity index is 2.13. The first kappa shape index (κ1) is 11.8. The monoisotopic (exact) mass is 227 g/mol. The number of hydrazine groups is 1. The highest BCUT2D eigenvalue weighted by Crippen LogP contribution is 2.17. The highest BCUT2D eigenvalue weighted by molar-refractivity contribution is 5.58. The summed E-state index contributed by atoms with van der Waals surface area (Å²) in [5, 5.41) is 1.79. The maximum Gasteiger partial charge on any atom is 0.0701 e. The summed E-state index contributed by atoms with van der Waals surface area (Å²) in [7, 11) is 0. The fraction of sp³-hybridized carbons (Fsp3) is 0.214. The van der Waals surface area contributed by atoms with Crippen molar-refractivity contribution in [3.05, 3.63) is 54.2 Å². The Morgan fingerprint density at radius 2 is 1.88 bits per heavy atom. The summed E-state index contributed by atoms with van der Waals surface area (Å²) < 4.78 is 0. The fourth-order valence-electron chi connectivity index (χ4n) is 1.66. The van der Waals surface area contributed by atoms with Crippen LogP contribution >= 0.6 is 0 Å². The summed E-state index contributed by atoms with van der Waals surface area (Å²) in [6.07, 6.45) is 1.81. The van der Waals surface area contributed by atoms with E-state index in [1.165, 1.54) is 5.56 Å². The van der Waals surface area contributed by atoms with Crippen LogP contribution in [-0.4, -0.2) is 16.5 Å². The number of pyridine rings is 1. The number of hydrogen-bond donors (Lipinski definition) is 1. The third kappa shape index (κ3) is 3.12. The first-order chi connectivity index (χ1) is 8.29. The second-order valence-corrected chi connectivity index (χ2v) is 3.97. The summed E-state index contributed by atoms with van der Waals surface area (Å²) in [6.45, 7) is 3.67. The van der Waals surface area contributed by atoms with Gasteiger partial charge >= 0.3 is 0 Å². The van der Waals surface area contributed by atoms with Gasteiger partial charge in [-0.25, -0.2) is 5.01 Å². The largest absolute Gasteiger partial charge is 0.268 e. The van der Waals surface area contributed by atoms with E-state index in [9.17, 15) is 0 Å². The van der Waals surface area contributed by atoms with Crippen molar-refractivity contribution in [3.8, 4) is 11.3 Å². The van der Waals surface area contributed by atoms with E-state index in [1.54, 1.807) is 5.01 Å². The van der Waals surface area contributed by atoms with Gasteiger partial charge in [-0.1, -0.05) is 37.3 Å². The molecule has 0 spiro atoms. The lowest BCUT2D eigenvalue weighted by Gasteiger charge is -2.13. The predicted molar refractivity (Wildman–Crippen MR) is 69.9 cm³/mol. The SMILES string of the molecule is CCN(N)Cc1ccc(-c2ccccn2)cc1. The quantitative estimate of drug-likeness (QED) is 0.644. The minimum atomic E-state index is 0.777. The molecule has 0 amide bonds. The lowest BCUT2D eigenvalue weighted by atomic mass is 10.1. The van der Waals surface area contributed by atoms with Gasteiger partial charge in [0, 0.05) is 24.8 Å². The van der Waals surface area contributed by atoms with Crippen molar-refractivity contribution in [3.63, 3.8) is 0 Å². The van der Waals surface area contributed by atoms with Gasteiger partial charge in [0.1, 0.15) is 0 Å². The molecule has 1 aromatic heterocycles. The molecule has 0 radical (unpaired) electrons.